The Morgan fingerprint density at radius 1 is 1.29 bits per heavy atom. The Morgan fingerprint density at radius 2 is 1.85 bits per heavy atom. The molecule has 0 saturated carbocycles. The quantitative estimate of drug-likeness (QED) is 0.185. The van der Waals surface area contributed by atoms with Crippen molar-refractivity contribution in [1.29, 1.82) is 5.41 Å². The van der Waals surface area contributed by atoms with E-state index >= 15 is 0 Å². The number of rotatable bonds is 8. The highest BCUT2D eigenvalue weighted by Crippen LogP contribution is 2.38. The molecule has 34 heavy (non-hydrogen) atoms. The number of nitrogens with two attached hydrogens (primary N) is 1. The molecule has 1 heterocycles. The van der Waals surface area contributed by atoms with E-state index in [0.29, 0.717) is 5.56 Å². The first-order valence-corrected chi connectivity index (χ1v) is 11.4. The third-order valence-corrected chi connectivity index (χ3v) is 6.07. The standard InChI is InChI=1S/C21H25N3O6S.CH4N2/c1-6-8-17(25)15(3)31(27,28)23-24(21(26)16-11-14(2)12-22-13-16)20-18(29-4)9-7-10-19(20)30-5;2-1-3/h7,9-13,15,17,23,25H,1-5H3;1H,(H3,2,3). The zero-order valence-electron chi connectivity index (χ0n) is 19.6. The number of anilines is 1. The van der Waals surface area contributed by atoms with Crippen molar-refractivity contribution >= 4 is 28.0 Å². The third-order valence-electron chi connectivity index (χ3n) is 4.40. The van der Waals surface area contributed by atoms with E-state index < -0.39 is 27.3 Å². The van der Waals surface area contributed by atoms with Crippen LogP contribution in [0.2, 0.25) is 0 Å². The van der Waals surface area contributed by atoms with Crippen LogP contribution in [0.3, 0.4) is 0 Å². The van der Waals surface area contributed by atoms with Crippen molar-refractivity contribution in [3.05, 3.63) is 47.8 Å². The van der Waals surface area contributed by atoms with Crippen LogP contribution in [0.5, 0.6) is 11.5 Å². The monoisotopic (exact) mass is 491 g/mol. The van der Waals surface area contributed by atoms with Crippen molar-refractivity contribution in [2.75, 3.05) is 19.2 Å². The Balaban J connectivity index is 0.00000182. The first kappa shape index (κ1) is 28.4. The number of ether oxygens (including phenoxy) is 2. The van der Waals surface area contributed by atoms with Crippen LogP contribution in [-0.2, 0) is 10.0 Å². The van der Waals surface area contributed by atoms with Gasteiger partial charge in [0.25, 0.3) is 5.91 Å². The zero-order valence-corrected chi connectivity index (χ0v) is 20.4. The maximum Gasteiger partial charge on any atom is 0.275 e. The van der Waals surface area contributed by atoms with Crippen LogP contribution in [0.15, 0.2) is 36.7 Å². The van der Waals surface area contributed by atoms with Crippen LogP contribution >= 0.6 is 0 Å². The Kier molecular flexibility index (Phi) is 11.0. The summed E-state index contributed by atoms with van der Waals surface area (Å²) >= 11 is 0. The fourth-order valence-corrected chi connectivity index (χ4v) is 3.69. The van der Waals surface area contributed by atoms with Gasteiger partial charge in [0, 0.05) is 12.4 Å². The number of aliphatic hydroxyl groups is 1. The first-order valence-electron chi connectivity index (χ1n) is 9.87. The van der Waals surface area contributed by atoms with Crippen LogP contribution in [0.1, 0.15) is 29.8 Å². The number of nitrogens with one attached hydrogen (secondary N) is 2. The van der Waals surface area contributed by atoms with Gasteiger partial charge in [0.15, 0.2) is 0 Å². The molecule has 1 amide bonds. The number of aromatic nitrogens is 1. The Hall–Kier alpha value is -3.66. The van der Waals surface area contributed by atoms with Gasteiger partial charge in [-0.05, 0) is 44.5 Å². The number of sulfonamides is 1. The minimum Gasteiger partial charge on any atom is -0.494 e. The summed E-state index contributed by atoms with van der Waals surface area (Å²) in [5.41, 5.74) is 5.28. The van der Waals surface area contributed by atoms with E-state index in [1.165, 1.54) is 34.3 Å². The number of para-hydroxylation sites is 1. The van der Waals surface area contributed by atoms with Gasteiger partial charge in [-0.2, -0.15) is 0 Å². The summed E-state index contributed by atoms with van der Waals surface area (Å²) in [7, 11) is -1.51. The molecule has 0 fully saturated rings. The van der Waals surface area contributed by atoms with Crippen LogP contribution in [0.4, 0.5) is 5.69 Å². The van der Waals surface area contributed by atoms with Gasteiger partial charge in [-0.1, -0.05) is 12.0 Å². The highest BCUT2D eigenvalue weighted by Gasteiger charge is 2.34. The van der Waals surface area contributed by atoms with Crippen LogP contribution in [0, 0.1) is 24.2 Å². The second-order valence-electron chi connectivity index (χ2n) is 6.75. The third kappa shape index (κ3) is 7.17. The molecule has 184 valence electrons. The molecular weight excluding hydrogens is 462 g/mol. The minimum absolute atomic E-state index is 0.0471. The van der Waals surface area contributed by atoms with Crippen LogP contribution < -0.4 is 25.0 Å². The minimum atomic E-state index is -4.27. The van der Waals surface area contributed by atoms with Crippen molar-refractivity contribution < 1.29 is 27.8 Å². The second-order valence-corrected chi connectivity index (χ2v) is 8.77. The molecule has 0 aliphatic carbocycles. The average Bonchev–Trinajstić information content (AvgIpc) is 2.81. The molecule has 0 saturated heterocycles. The second kappa shape index (κ2) is 13.1. The molecule has 2 aromatic rings. The van der Waals surface area contributed by atoms with Crippen molar-refractivity contribution in [1.82, 2.24) is 9.82 Å². The van der Waals surface area contributed by atoms with E-state index in [1.807, 2.05) is 0 Å². The van der Waals surface area contributed by atoms with E-state index in [2.05, 4.69) is 27.4 Å². The highest BCUT2D eigenvalue weighted by molar-refractivity contribution is 7.90. The normalized spacial score (nSPS) is 12.1. The lowest BCUT2D eigenvalue weighted by molar-refractivity contribution is 0.0979. The molecule has 12 heteroatoms. The molecule has 0 aliphatic heterocycles. The lowest BCUT2D eigenvalue weighted by Crippen LogP contribution is -2.51. The van der Waals surface area contributed by atoms with Crippen molar-refractivity contribution in [3.8, 4) is 23.3 Å². The van der Waals surface area contributed by atoms with Crippen molar-refractivity contribution in [3.63, 3.8) is 0 Å². The number of nitrogens with zero attached hydrogens (tertiary/aromatic N) is 2. The van der Waals surface area contributed by atoms with Gasteiger partial charge in [0.1, 0.15) is 28.5 Å². The summed E-state index contributed by atoms with van der Waals surface area (Å²) in [4.78, 5) is 19.6. The van der Waals surface area contributed by atoms with E-state index in [1.54, 1.807) is 37.4 Å². The molecular formula is C22H29N5O6S. The smallest absolute Gasteiger partial charge is 0.275 e. The summed E-state index contributed by atoms with van der Waals surface area (Å²) in [6.07, 6.45) is 2.18. The largest absolute Gasteiger partial charge is 0.494 e. The molecule has 0 radical (unpaired) electrons. The molecule has 0 spiro atoms. The summed E-state index contributed by atoms with van der Waals surface area (Å²) < 4.78 is 36.7. The number of methoxy groups -OCH3 is 2. The van der Waals surface area contributed by atoms with Gasteiger partial charge >= 0.3 is 0 Å². The molecule has 1 aromatic carbocycles. The summed E-state index contributed by atoms with van der Waals surface area (Å²) in [6.45, 7) is 4.52. The lowest BCUT2D eigenvalue weighted by atomic mass is 10.2. The number of hydrogen-bond acceptors (Lipinski definition) is 8. The Bertz CT molecular complexity index is 1140. The van der Waals surface area contributed by atoms with Gasteiger partial charge in [-0.25, -0.2) is 13.4 Å². The summed E-state index contributed by atoms with van der Waals surface area (Å²) in [6, 6.07) is 6.32. The number of hydrogen-bond donors (Lipinski definition) is 4. The van der Waals surface area contributed by atoms with Crippen LogP contribution in [0.25, 0.3) is 0 Å². The number of amides is 1. The van der Waals surface area contributed by atoms with E-state index in [9.17, 15) is 18.3 Å². The molecule has 2 unspecified atom stereocenters. The number of aryl methyl sites for hydroxylation is 1. The lowest BCUT2D eigenvalue weighted by Gasteiger charge is -2.28. The SMILES string of the molecule is CC#CC(O)C(C)S(=O)(=O)NN(C(=O)c1cncc(C)c1)c1c(OC)cccc1OC.N=CN. The zero-order chi connectivity index (χ0) is 25.9. The predicted octanol–water partition coefficient (Wildman–Crippen LogP) is 1.21. The number of carbonyl (C=O) groups excluding carboxylic acids is 1. The van der Waals surface area contributed by atoms with Gasteiger partial charge in [-0.3, -0.25) is 15.2 Å². The molecule has 0 bridgehead atoms. The van der Waals surface area contributed by atoms with Gasteiger partial charge in [-0.15, -0.1) is 10.8 Å². The van der Waals surface area contributed by atoms with Gasteiger partial charge < -0.3 is 20.3 Å². The van der Waals surface area contributed by atoms with Gasteiger partial charge in [0.2, 0.25) is 10.0 Å². The molecule has 1 aromatic heterocycles. The number of benzene rings is 1. The van der Waals surface area contributed by atoms with Gasteiger partial charge in [0.05, 0.1) is 26.1 Å². The van der Waals surface area contributed by atoms with Crippen molar-refractivity contribution in [2.45, 2.75) is 32.1 Å². The first-order chi connectivity index (χ1) is 16.1. The maximum atomic E-state index is 13.4. The maximum absolute atomic E-state index is 13.4. The molecule has 5 N–H and O–H groups in total. The fraction of sp³-hybridized carbons (Fsp3) is 0.318. The average molecular weight is 492 g/mol. The number of hydrazine groups is 1. The Morgan fingerprint density at radius 3 is 2.32 bits per heavy atom. The fourth-order valence-electron chi connectivity index (χ4n) is 2.69. The highest BCUT2D eigenvalue weighted by atomic mass is 32.2. The number of carbonyl (C=O) groups is 1. The van der Waals surface area contributed by atoms with E-state index in [0.717, 1.165) is 11.3 Å². The summed E-state index contributed by atoms with van der Waals surface area (Å²) in [5, 5.41) is 15.4. The van der Waals surface area contributed by atoms with Crippen molar-refractivity contribution in [2.24, 2.45) is 5.73 Å². The number of aliphatic hydroxyl groups excluding tert-OH is 1. The Labute approximate surface area is 199 Å². The molecule has 2 atom stereocenters. The van der Waals surface area contributed by atoms with E-state index in [4.69, 9.17) is 14.9 Å². The molecule has 0 aliphatic rings. The number of pyridine rings is 1. The molecule has 11 nitrogen and oxygen atoms in total. The van der Waals surface area contributed by atoms with Crippen LogP contribution in [-0.4, -0.2) is 56.3 Å². The topological polar surface area (TPSA) is 168 Å². The molecule has 2 rings (SSSR count). The predicted molar refractivity (Wildman–Crippen MR) is 129 cm³/mol. The van der Waals surface area contributed by atoms with E-state index in [-0.39, 0.29) is 22.7 Å². The summed E-state index contributed by atoms with van der Waals surface area (Å²) in [5.74, 6) is 4.54.